The zero-order valence-electron chi connectivity index (χ0n) is 14.8. The third-order valence-electron chi connectivity index (χ3n) is 4.59. The molecule has 0 aliphatic rings. The number of unbranched alkanes of at least 4 members (excludes halogenated alkanes) is 3. The molecule has 0 fully saturated rings. The van der Waals surface area contributed by atoms with E-state index in [0.717, 1.165) is 30.7 Å². The first-order valence-electron chi connectivity index (χ1n) is 8.88. The maximum absolute atomic E-state index is 4.23. The topological polar surface area (TPSA) is 30.7 Å². The van der Waals surface area contributed by atoms with Gasteiger partial charge in [-0.2, -0.15) is 0 Å². The van der Waals surface area contributed by atoms with Crippen LogP contribution in [0, 0.1) is 17.8 Å². The fourth-order valence-electron chi connectivity index (χ4n) is 2.51. The summed E-state index contributed by atoms with van der Waals surface area (Å²) >= 11 is 0. The van der Waals surface area contributed by atoms with E-state index in [9.17, 15) is 0 Å². The van der Waals surface area contributed by atoms with Crippen molar-refractivity contribution in [3.05, 3.63) is 11.9 Å². The van der Waals surface area contributed by atoms with E-state index < -0.39 is 0 Å². The molecule has 0 bridgehead atoms. The van der Waals surface area contributed by atoms with Crippen LogP contribution in [0.25, 0.3) is 0 Å². The molecule has 1 heterocycles. The van der Waals surface area contributed by atoms with Crippen LogP contribution in [0.15, 0.2) is 6.20 Å². The van der Waals surface area contributed by atoms with Crippen LogP contribution in [0.2, 0.25) is 0 Å². The first kappa shape index (κ1) is 18.2. The zero-order valence-corrected chi connectivity index (χ0v) is 14.8. The van der Waals surface area contributed by atoms with Gasteiger partial charge in [-0.1, -0.05) is 65.5 Å². The molecule has 122 valence electrons. The minimum Gasteiger partial charge on any atom is -0.249 e. The van der Waals surface area contributed by atoms with Crippen molar-refractivity contribution in [2.45, 2.75) is 86.1 Å². The van der Waals surface area contributed by atoms with Crippen molar-refractivity contribution in [2.24, 2.45) is 17.8 Å². The van der Waals surface area contributed by atoms with Crippen molar-refractivity contribution in [3.63, 3.8) is 0 Å². The second-order valence-electron chi connectivity index (χ2n) is 7.31. The summed E-state index contributed by atoms with van der Waals surface area (Å²) in [6.45, 7) is 12.6. The van der Waals surface area contributed by atoms with Crippen LogP contribution in [-0.2, 0) is 13.0 Å². The molecule has 0 aliphatic carbocycles. The Morgan fingerprint density at radius 3 is 2.33 bits per heavy atom. The third-order valence-corrected chi connectivity index (χ3v) is 4.59. The predicted octanol–water partition coefficient (Wildman–Crippen LogP) is 5.11. The Kier molecular flexibility index (Phi) is 8.63. The second kappa shape index (κ2) is 9.97. The van der Waals surface area contributed by atoms with Gasteiger partial charge in [-0.25, -0.2) is 4.68 Å². The van der Waals surface area contributed by atoms with Gasteiger partial charge in [0.1, 0.15) is 0 Å². The Balaban J connectivity index is 2.14. The molecule has 1 rings (SSSR count). The first-order chi connectivity index (χ1) is 10.0. The lowest BCUT2D eigenvalue weighted by Gasteiger charge is -2.14. The van der Waals surface area contributed by atoms with Crippen LogP contribution in [0.5, 0.6) is 0 Å². The van der Waals surface area contributed by atoms with Gasteiger partial charge in [0.2, 0.25) is 0 Å². The molecule has 1 aromatic rings. The SMILES string of the molecule is CC(C)CCc1cnnn1CCCCCCC(C)C(C)C. The Morgan fingerprint density at radius 2 is 1.67 bits per heavy atom. The second-order valence-corrected chi connectivity index (χ2v) is 7.31. The van der Waals surface area contributed by atoms with Gasteiger partial charge in [-0.05, 0) is 37.0 Å². The Labute approximate surface area is 131 Å². The quantitative estimate of drug-likeness (QED) is 0.531. The van der Waals surface area contributed by atoms with Gasteiger partial charge in [0.05, 0.1) is 11.9 Å². The molecule has 0 N–H and O–H groups in total. The molecule has 0 spiro atoms. The van der Waals surface area contributed by atoms with Crippen molar-refractivity contribution >= 4 is 0 Å². The summed E-state index contributed by atoms with van der Waals surface area (Å²) < 4.78 is 2.11. The third kappa shape index (κ3) is 7.63. The first-order valence-corrected chi connectivity index (χ1v) is 8.88. The molecular formula is C18H35N3. The number of rotatable bonds is 11. The molecule has 0 saturated carbocycles. The van der Waals surface area contributed by atoms with E-state index in [2.05, 4.69) is 49.6 Å². The predicted molar refractivity (Wildman–Crippen MR) is 90.3 cm³/mol. The van der Waals surface area contributed by atoms with Crippen LogP contribution in [-0.4, -0.2) is 15.0 Å². The van der Waals surface area contributed by atoms with Gasteiger partial charge >= 0.3 is 0 Å². The molecule has 21 heavy (non-hydrogen) atoms. The van der Waals surface area contributed by atoms with Crippen LogP contribution in [0.1, 0.15) is 78.8 Å². The van der Waals surface area contributed by atoms with Crippen LogP contribution < -0.4 is 0 Å². The summed E-state index contributed by atoms with van der Waals surface area (Å²) in [7, 11) is 0. The number of aromatic nitrogens is 3. The smallest absolute Gasteiger partial charge is 0.0725 e. The highest BCUT2D eigenvalue weighted by molar-refractivity contribution is 4.94. The zero-order chi connectivity index (χ0) is 15.7. The van der Waals surface area contributed by atoms with Gasteiger partial charge in [0, 0.05) is 6.54 Å². The lowest BCUT2D eigenvalue weighted by Crippen LogP contribution is -2.07. The monoisotopic (exact) mass is 293 g/mol. The van der Waals surface area contributed by atoms with E-state index in [-0.39, 0.29) is 0 Å². The fourth-order valence-corrected chi connectivity index (χ4v) is 2.51. The van der Waals surface area contributed by atoms with Crippen molar-refractivity contribution in [1.82, 2.24) is 15.0 Å². The number of hydrogen-bond donors (Lipinski definition) is 0. The number of nitrogens with zero attached hydrogens (tertiary/aromatic N) is 3. The van der Waals surface area contributed by atoms with Gasteiger partial charge < -0.3 is 0 Å². The average Bonchev–Trinajstić information content (AvgIpc) is 2.87. The summed E-state index contributed by atoms with van der Waals surface area (Å²) in [6.07, 6.45) is 10.9. The average molecular weight is 293 g/mol. The Hall–Kier alpha value is -0.860. The molecule has 3 heteroatoms. The largest absolute Gasteiger partial charge is 0.249 e. The van der Waals surface area contributed by atoms with E-state index >= 15 is 0 Å². The van der Waals surface area contributed by atoms with Gasteiger partial charge in [0.25, 0.3) is 0 Å². The Morgan fingerprint density at radius 1 is 0.952 bits per heavy atom. The molecule has 3 nitrogen and oxygen atoms in total. The molecular weight excluding hydrogens is 258 g/mol. The molecule has 0 saturated heterocycles. The van der Waals surface area contributed by atoms with E-state index in [1.807, 2.05) is 6.20 Å². The molecule has 0 aliphatic heterocycles. The highest BCUT2D eigenvalue weighted by Crippen LogP contribution is 2.18. The van der Waals surface area contributed by atoms with Crippen LogP contribution in [0.4, 0.5) is 0 Å². The lowest BCUT2D eigenvalue weighted by atomic mass is 9.92. The van der Waals surface area contributed by atoms with Gasteiger partial charge in [-0.3, -0.25) is 0 Å². The molecule has 1 aromatic heterocycles. The normalized spacial score (nSPS) is 13.3. The van der Waals surface area contributed by atoms with Crippen LogP contribution >= 0.6 is 0 Å². The highest BCUT2D eigenvalue weighted by atomic mass is 15.4. The molecule has 1 atom stereocenters. The molecule has 0 radical (unpaired) electrons. The van der Waals surface area contributed by atoms with E-state index in [1.54, 1.807) is 0 Å². The molecule has 0 aromatic carbocycles. The summed E-state index contributed by atoms with van der Waals surface area (Å²) in [5, 5.41) is 8.30. The van der Waals surface area contributed by atoms with Crippen molar-refractivity contribution < 1.29 is 0 Å². The van der Waals surface area contributed by atoms with Crippen molar-refractivity contribution in [1.29, 1.82) is 0 Å². The summed E-state index contributed by atoms with van der Waals surface area (Å²) in [6, 6.07) is 0. The maximum Gasteiger partial charge on any atom is 0.0725 e. The van der Waals surface area contributed by atoms with Crippen LogP contribution in [0.3, 0.4) is 0 Å². The fraction of sp³-hybridized carbons (Fsp3) is 0.889. The number of hydrogen-bond acceptors (Lipinski definition) is 2. The summed E-state index contributed by atoms with van der Waals surface area (Å²) in [5.74, 6) is 2.43. The van der Waals surface area contributed by atoms with Gasteiger partial charge in [0.15, 0.2) is 0 Å². The van der Waals surface area contributed by atoms with Crippen molar-refractivity contribution in [3.8, 4) is 0 Å². The van der Waals surface area contributed by atoms with Gasteiger partial charge in [-0.15, -0.1) is 5.10 Å². The minimum absolute atomic E-state index is 0.747. The molecule has 0 amide bonds. The molecule has 1 unspecified atom stereocenters. The summed E-state index contributed by atoms with van der Waals surface area (Å²) in [4.78, 5) is 0. The summed E-state index contributed by atoms with van der Waals surface area (Å²) in [5.41, 5.74) is 1.30. The Bertz CT molecular complexity index is 368. The van der Waals surface area contributed by atoms with E-state index in [0.29, 0.717) is 0 Å². The lowest BCUT2D eigenvalue weighted by molar-refractivity contribution is 0.373. The maximum atomic E-state index is 4.23. The highest BCUT2D eigenvalue weighted by Gasteiger charge is 2.07. The van der Waals surface area contributed by atoms with E-state index in [4.69, 9.17) is 0 Å². The minimum atomic E-state index is 0.747. The van der Waals surface area contributed by atoms with Crippen molar-refractivity contribution in [2.75, 3.05) is 0 Å². The standard InChI is InChI=1S/C18H35N3/c1-15(2)11-12-18-14-19-20-21(18)13-9-7-6-8-10-17(5)16(3)4/h14-17H,6-13H2,1-5H3. The van der Waals surface area contributed by atoms with E-state index in [1.165, 1.54) is 44.2 Å². The number of aryl methyl sites for hydroxylation is 2.